The number of carbonyl (C=O) groups is 2. The van der Waals surface area contributed by atoms with Crippen LogP contribution in [0.3, 0.4) is 0 Å². The third-order valence-corrected chi connectivity index (χ3v) is 3.37. The highest BCUT2D eigenvalue weighted by Crippen LogP contribution is 2.16. The minimum Gasteiger partial charge on any atom is -0.353 e. The van der Waals surface area contributed by atoms with Crippen molar-refractivity contribution in [2.45, 2.75) is 19.8 Å². The summed E-state index contributed by atoms with van der Waals surface area (Å²) in [6, 6.07) is -0.302. The van der Waals surface area contributed by atoms with Crippen LogP contribution in [0.25, 0.3) is 0 Å². The second kappa shape index (κ2) is 5.76. The van der Waals surface area contributed by atoms with Crippen molar-refractivity contribution in [2.75, 3.05) is 25.0 Å². The Morgan fingerprint density at radius 3 is 3.11 bits per heavy atom. The molecule has 2 rings (SSSR count). The molecule has 0 unspecified atom stereocenters. The number of hydrogen-bond acceptors (Lipinski definition) is 5. The fourth-order valence-corrected chi connectivity index (χ4v) is 2.43. The van der Waals surface area contributed by atoms with Gasteiger partial charge in [-0.1, -0.05) is 18.3 Å². The number of aryl methyl sites for hydroxylation is 1. The molecule has 0 radical (unpaired) electrons. The Bertz CT molecular complexity index is 447. The van der Waals surface area contributed by atoms with Gasteiger partial charge in [-0.15, -0.1) is 10.2 Å². The van der Waals surface area contributed by atoms with E-state index < -0.39 is 0 Å². The highest BCUT2D eigenvalue weighted by Gasteiger charge is 2.21. The highest BCUT2D eigenvalue weighted by atomic mass is 32.1. The van der Waals surface area contributed by atoms with Crippen molar-refractivity contribution in [3.63, 3.8) is 0 Å². The molecule has 1 aliphatic rings. The molecule has 1 aromatic heterocycles. The summed E-state index contributed by atoms with van der Waals surface area (Å²) in [6.45, 7) is 3.15. The molecule has 1 aliphatic heterocycles. The highest BCUT2D eigenvalue weighted by molar-refractivity contribution is 7.15. The van der Waals surface area contributed by atoms with Crippen LogP contribution in [0.1, 0.15) is 18.4 Å². The zero-order valence-corrected chi connectivity index (χ0v) is 10.9. The molecule has 0 aliphatic carbocycles. The Morgan fingerprint density at radius 2 is 2.39 bits per heavy atom. The second-order valence-electron chi connectivity index (χ2n) is 3.95. The molecule has 7 nitrogen and oxygen atoms in total. The Labute approximate surface area is 109 Å². The summed E-state index contributed by atoms with van der Waals surface area (Å²) in [7, 11) is 0. The first kappa shape index (κ1) is 12.7. The van der Waals surface area contributed by atoms with Crippen LogP contribution >= 0.6 is 11.3 Å². The standard InChI is InChI=1S/C10H15N5O2S/c1-2-3-8-13-14-9(18-8)12-10(17)15-5-4-11-7(16)6-15/h2-6H2,1H3,(H,11,16)(H,12,14,17). The maximum absolute atomic E-state index is 11.9. The lowest BCUT2D eigenvalue weighted by atomic mass is 10.4. The molecule has 18 heavy (non-hydrogen) atoms. The lowest BCUT2D eigenvalue weighted by molar-refractivity contribution is -0.123. The monoisotopic (exact) mass is 269 g/mol. The molecule has 0 atom stereocenters. The van der Waals surface area contributed by atoms with Crippen LogP contribution in [-0.4, -0.2) is 46.7 Å². The molecular weight excluding hydrogens is 254 g/mol. The van der Waals surface area contributed by atoms with Crippen LogP contribution in [0.2, 0.25) is 0 Å². The fraction of sp³-hybridized carbons (Fsp3) is 0.600. The quantitative estimate of drug-likeness (QED) is 0.834. The van der Waals surface area contributed by atoms with E-state index in [0.29, 0.717) is 18.2 Å². The molecule has 1 saturated heterocycles. The molecule has 8 heteroatoms. The Balaban J connectivity index is 1.91. The van der Waals surface area contributed by atoms with Gasteiger partial charge in [-0.05, 0) is 6.42 Å². The molecule has 0 saturated carbocycles. The maximum atomic E-state index is 11.9. The van der Waals surface area contributed by atoms with E-state index in [1.54, 1.807) is 0 Å². The fourth-order valence-electron chi connectivity index (χ4n) is 1.60. The molecule has 2 heterocycles. The van der Waals surface area contributed by atoms with Crippen molar-refractivity contribution in [1.82, 2.24) is 20.4 Å². The van der Waals surface area contributed by atoms with Crippen LogP contribution in [0.15, 0.2) is 0 Å². The average molecular weight is 269 g/mol. The number of piperazine rings is 1. The maximum Gasteiger partial charge on any atom is 0.324 e. The number of hydrogen-bond donors (Lipinski definition) is 2. The van der Waals surface area contributed by atoms with E-state index in [0.717, 1.165) is 17.8 Å². The van der Waals surface area contributed by atoms with Gasteiger partial charge in [0.2, 0.25) is 11.0 Å². The van der Waals surface area contributed by atoms with Crippen molar-refractivity contribution < 1.29 is 9.59 Å². The number of aromatic nitrogens is 2. The van der Waals surface area contributed by atoms with Crippen molar-refractivity contribution >= 4 is 28.4 Å². The molecular formula is C10H15N5O2S. The average Bonchev–Trinajstić information content (AvgIpc) is 2.77. The number of nitrogens with zero attached hydrogens (tertiary/aromatic N) is 3. The van der Waals surface area contributed by atoms with Gasteiger partial charge in [-0.2, -0.15) is 0 Å². The van der Waals surface area contributed by atoms with Crippen LogP contribution in [0.5, 0.6) is 0 Å². The number of urea groups is 1. The summed E-state index contributed by atoms with van der Waals surface area (Å²) in [5.41, 5.74) is 0. The van der Waals surface area contributed by atoms with Gasteiger partial charge in [0.25, 0.3) is 0 Å². The number of rotatable bonds is 3. The van der Waals surface area contributed by atoms with Crippen molar-refractivity contribution in [3.8, 4) is 0 Å². The summed E-state index contributed by atoms with van der Waals surface area (Å²) >= 11 is 1.37. The topological polar surface area (TPSA) is 87.2 Å². The minimum atomic E-state index is -0.302. The summed E-state index contributed by atoms with van der Waals surface area (Å²) in [4.78, 5) is 24.5. The van der Waals surface area contributed by atoms with Gasteiger partial charge in [0.1, 0.15) is 11.6 Å². The van der Waals surface area contributed by atoms with Crippen LogP contribution in [0, 0.1) is 0 Å². The molecule has 1 fully saturated rings. The van der Waals surface area contributed by atoms with E-state index in [9.17, 15) is 9.59 Å². The van der Waals surface area contributed by atoms with E-state index in [-0.39, 0.29) is 18.5 Å². The zero-order valence-electron chi connectivity index (χ0n) is 10.1. The lowest BCUT2D eigenvalue weighted by Crippen LogP contribution is -2.51. The smallest absolute Gasteiger partial charge is 0.324 e. The van der Waals surface area contributed by atoms with Crippen LogP contribution in [0.4, 0.5) is 9.93 Å². The van der Waals surface area contributed by atoms with E-state index in [1.165, 1.54) is 16.2 Å². The van der Waals surface area contributed by atoms with Gasteiger partial charge >= 0.3 is 6.03 Å². The van der Waals surface area contributed by atoms with Crippen LogP contribution in [-0.2, 0) is 11.2 Å². The number of nitrogens with one attached hydrogen (secondary N) is 2. The molecule has 0 spiro atoms. The van der Waals surface area contributed by atoms with E-state index >= 15 is 0 Å². The third kappa shape index (κ3) is 3.16. The number of carbonyl (C=O) groups excluding carboxylic acids is 2. The predicted molar refractivity (Wildman–Crippen MR) is 67.5 cm³/mol. The summed E-state index contributed by atoms with van der Waals surface area (Å²) in [6.07, 6.45) is 1.86. The Morgan fingerprint density at radius 1 is 1.56 bits per heavy atom. The van der Waals surface area contributed by atoms with E-state index in [2.05, 4.69) is 27.8 Å². The van der Waals surface area contributed by atoms with Crippen molar-refractivity contribution in [1.29, 1.82) is 0 Å². The first-order valence-corrected chi connectivity index (χ1v) is 6.65. The van der Waals surface area contributed by atoms with Gasteiger partial charge in [0.15, 0.2) is 0 Å². The molecule has 0 aromatic carbocycles. The van der Waals surface area contributed by atoms with Gasteiger partial charge < -0.3 is 10.2 Å². The number of amides is 3. The molecule has 0 bridgehead atoms. The molecule has 98 valence electrons. The first-order chi connectivity index (χ1) is 8.69. The third-order valence-electron chi connectivity index (χ3n) is 2.47. The Kier molecular flexibility index (Phi) is 4.08. The molecule has 1 aromatic rings. The van der Waals surface area contributed by atoms with E-state index in [1.807, 2.05) is 0 Å². The van der Waals surface area contributed by atoms with Gasteiger partial charge in [-0.3, -0.25) is 10.1 Å². The van der Waals surface area contributed by atoms with Gasteiger partial charge in [-0.25, -0.2) is 4.79 Å². The number of anilines is 1. The van der Waals surface area contributed by atoms with Crippen molar-refractivity contribution in [2.24, 2.45) is 0 Å². The minimum absolute atomic E-state index is 0.0897. The van der Waals surface area contributed by atoms with Crippen molar-refractivity contribution in [3.05, 3.63) is 5.01 Å². The normalized spacial score (nSPS) is 15.4. The SMILES string of the molecule is CCCc1nnc(NC(=O)N2CCNC(=O)C2)s1. The van der Waals surface area contributed by atoms with Gasteiger partial charge in [0, 0.05) is 19.5 Å². The Hall–Kier alpha value is -1.70. The zero-order chi connectivity index (χ0) is 13.0. The lowest BCUT2D eigenvalue weighted by Gasteiger charge is -2.26. The van der Waals surface area contributed by atoms with E-state index in [4.69, 9.17) is 0 Å². The predicted octanol–water partition coefficient (Wildman–Crippen LogP) is 0.454. The first-order valence-electron chi connectivity index (χ1n) is 5.84. The van der Waals surface area contributed by atoms with Crippen LogP contribution < -0.4 is 10.6 Å². The summed E-state index contributed by atoms with van der Waals surface area (Å²) in [5.74, 6) is -0.139. The molecule has 2 N–H and O–H groups in total. The molecule has 3 amide bonds. The summed E-state index contributed by atoms with van der Waals surface area (Å²) < 4.78 is 0. The summed E-state index contributed by atoms with van der Waals surface area (Å²) in [5, 5.41) is 14.6. The second-order valence-corrected chi connectivity index (χ2v) is 5.01. The largest absolute Gasteiger partial charge is 0.353 e. The van der Waals surface area contributed by atoms with Gasteiger partial charge in [0.05, 0.1) is 0 Å².